The van der Waals surface area contributed by atoms with Crippen molar-refractivity contribution in [1.82, 2.24) is 4.90 Å². The molecule has 1 saturated heterocycles. The van der Waals surface area contributed by atoms with Crippen LogP contribution in [-0.4, -0.2) is 36.7 Å². The van der Waals surface area contributed by atoms with Crippen LogP contribution in [0.2, 0.25) is 0 Å². The Morgan fingerprint density at radius 2 is 2.25 bits per heavy atom. The fourth-order valence-electron chi connectivity index (χ4n) is 1.73. The van der Waals surface area contributed by atoms with E-state index in [1.807, 2.05) is 0 Å². The molecule has 1 heterocycles. The van der Waals surface area contributed by atoms with E-state index in [4.69, 9.17) is 4.74 Å². The van der Waals surface area contributed by atoms with Crippen LogP contribution in [0.1, 0.15) is 33.6 Å². The molecule has 2 heteroatoms. The van der Waals surface area contributed by atoms with E-state index in [9.17, 15) is 0 Å². The number of likely N-dealkylation sites (tertiary alicyclic amines) is 1. The average molecular weight is 171 g/mol. The first-order chi connectivity index (χ1) is 5.70. The second-order valence-corrected chi connectivity index (χ2v) is 3.95. The van der Waals surface area contributed by atoms with Gasteiger partial charge in [0.1, 0.15) is 0 Å². The summed E-state index contributed by atoms with van der Waals surface area (Å²) in [5.74, 6) is 0. The predicted octanol–water partition coefficient (Wildman–Crippen LogP) is 1.90. The van der Waals surface area contributed by atoms with Gasteiger partial charge in [-0.25, -0.2) is 0 Å². The highest BCUT2D eigenvalue weighted by Gasteiger charge is 2.19. The van der Waals surface area contributed by atoms with Crippen molar-refractivity contribution in [3.8, 4) is 0 Å². The third-order valence-electron chi connectivity index (χ3n) is 2.52. The highest BCUT2D eigenvalue weighted by molar-refractivity contribution is 4.74. The normalized spacial score (nSPS) is 25.5. The molecule has 0 radical (unpaired) electrons. The van der Waals surface area contributed by atoms with E-state index >= 15 is 0 Å². The zero-order chi connectivity index (χ0) is 8.97. The van der Waals surface area contributed by atoms with Crippen molar-refractivity contribution in [2.75, 3.05) is 19.7 Å². The van der Waals surface area contributed by atoms with Gasteiger partial charge in [-0.3, -0.25) is 4.90 Å². The first kappa shape index (κ1) is 10.0. The maximum atomic E-state index is 5.51. The molecular formula is C10H21NO. The van der Waals surface area contributed by atoms with Gasteiger partial charge >= 0.3 is 0 Å². The monoisotopic (exact) mass is 171 g/mol. The maximum absolute atomic E-state index is 5.51. The molecule has 0 spiro atoms. The third kappa shape index (κ3) is 3.11. The SMILES string of the molecule is CC(C)OCCN1CCC[C@H]1C. The Kier molecular flexibility index (Phi) is 4.02. The average Bonchev–Trinajstić information content (AvgIpc) is 2.36. The Bertz CT molecular complexity index is 125. The van der Waals surface area contributed by atoms with Gasteiger partial charge in [-0.1, -0.05) is 0 Å². The van der Waals surface area contributed by atoms with Gasteiger partial charge in [0.05, 0.1) is 12.7 Å². The van der Waals surface area contributed by atoms with Gasteiger partial charge in [0.2, 0.25) is 0 Å². The maximum Gasteiger partial charge on any atom is 0.0597 e. The van der Waals surface area contributed by atoms with E-state index in [1.54, 1.807) is 0 Å². The van der Waals surface area contributed by atoms with Crippen LogP contribution in [0.15, 0.2) is 0 Å². The van der Waals surface area contributed by atoms with Crippen LogP contribution in [0, 0.1) is 0 Å². The van der Waals surface area contributed by atoms with Crippen molar-refractivity contribution in [1.29, 1.82) is 0 Å². The minimum Gasteiger partial charge on any atom is -0.377 e. The van der Waals surface area contributed by atoms with Crippen molar-refractivity contribution in [3.05, 3.63) is 0 Å². The van der Waals surface area contributed by atoms with Crippen LogP contribution in [0.5, 0.6) is 0 Å². The van der Waals surface area contributed by atoms with Crippen LogP contribution >= 0.6 is 0 Å². The fraction of sp³-hybridized carbons (Fsp3) is 1.00. The minimum atomic E-state index is 0.378. The Labute approximate surface area is 75.9 Å². The highest BCUT2D eigenvalue weighted by atomic mass is 16.5. The predicted molar refractivity (Wildman–Crippen MR) is 51.4 cm³/mol. The second kappa shape index (κ2) is 4.83. The lowest BCUT2D eigenvalue weighted by Crippen LogP contribution is -2.30. The van der Waals surface area contributed by atoms with Crippen LogP contribution in [0.4, 0.5) is 0 Å². The van der Waals surface area contributed by atoms with E-state index < -0.39 is 0 Å². The fourth-order valence-corrected chi connectivity index (χ4v) is 1.73. The first-order valence-electron chi connectivity index (χ1n) is 5.06. The summed E-state index contributed by atoms with van der Waals surface area (Å²) in [6, 6.07) is 0.778. The zero-order valence-electron chi connectivity index (χ0n) is 8.55. The van der Waals surface area contributed by atoms with E-state index in [-0.39, 0.29) is 0 Å². The number of hydrogen-bond donors (Lipinski definition) is 0. The number of rotatable bonds is 4. The summed E-state index contributed by atoms with van der Waals surface area (Å²) in [7, 11) is 0. The molecule has 0 amide bonds. The minimum absolute atomic E-state index is 0.378. The van der Waals surface area contributed by atoms with Crippen molar-refractivity contribution < 1.29 is 4.74 Å². The van der Waals surface area contributed by atoms with Crippen molar-refractivity contribution in [2.45, 2.75) is 45.8 Å². The number of ether oxygens (including phenoxy) is 1. The Morgan fingerprint density at radius 3 is 2.75 bits per heavy atom. The number of nitrogens with zero attached hydrogens (tertiary/aromatic N) is 1. The first-order valence-corrected chi connectivity index (χ1v) is 5.06. The molecule has 72 valence electrons. The summed E-state index contributed by atoms with van der Waals surface area (Å²) in [6.45, 7) is 9.76. The smallest absolute Gasteiger partial charge is 0.0597 e. The molecule has 1 atom stereocenters. The zero-order valence-corrected chi connectivity index (χ0v) is 8.55. The topological polar surface area (TPSA) is 12.5 Å². The van der Waals surface area contributed by atoms with Gasteiger partial charge in [0.25, 0.3) is 0 Å². The standard InChI is InChI=1S/C10H21NO/c1-9(2)12-8-7-11-6-4-5-10(11)3/h9-10H,4-8H2,1-3H3/t10-/m1/s1. The Morgan fingerprint density at radius 1 is 1.50 bits per heavy atom. The van der Waals surface area contributed by atoms with Gasteiger partial charge in [-0.15, -0.1) is 0 Å². The van der Waals surface area contributed by atoms with Gasteiger partial charge < -0.3 is 4.74 Å². The number of hydrogen-bond acceptors (Lipinski definition) is 2. The molecule has 0 aromatic rings. The lowest BCUT2D eigenvalue weighted by Gasteiger charge is -2.21. The molecule has 0 aliphatic carbocycles. The van der Waals surface area contributed by atoms with E-state index in [1.165, 1.54) is 19.4 Å². The molecule has 0 N–H and O–H groups in total. The summed E-state index contributed by atoms with van der Waals surface area (Å²) in [5, 5.41) is 0. The molecule has 1 fully saturated rings. The van der Waals surface area contributed by atoms with Gasteiger partial charge in [-0.2, -0.15) is 0 Å². The molecule has 0 bridgehead atoms. The van der Waals surface area contributed by atoms with Crippen LogP contribution in [-0.2, 0) is 4.74 Å². The van der Waals surface area contributed by atoms with Crippen molar-refractivity contribution in [3.63, 3.8) is 0 Å². The molecule has 0 aromatic heterocycles. The van der Waals surface area contributed by atoms with E-state index in [0.29, 0.717) is 6.10 Å². The van der Waals surface area contributed by atoms with Crippen LogP contribution in [0.3, 0.4) is 0 Å². The van der Waals surface area contributed by atoms with Gasteiger partial charge in [0, 0.05) is 12.6 Å². The summed E-state index contributed by atoms with van der Waals surface area (Å²) < 4.78 is 5.51. The van der Waals surface area contributed by atoms with Crippen LogP contribution < -0.4 is 0 Å². The molecular weight excluding hydrogens is 150 g/mol. The third-order valence-corrected chi connectivity index (χ3v) is 2.52. The molecule has 0 saturated carbocycles. The molecule has 1 aliphatic rings. The summed E-state index contributed by atoms with van der Waals surface area (Å²) in [5.41, 5.74) is 0. The van der Waals surface area contributed by atoms with Crippen molar-refractivity contribution in [2.24, 2.45) is 0 Å². The summed E-state index contributed by atoms with van der Waals surface area (Å²) in [4.78, 5) is 2.52. The lowest BCUT2D eigenvalue weighted by atomic mass is 10.2. The van der Waals surface area contributed by atoms with Gasteiger partial charge in [-0.05, 0) is 40.2 Å². The quantitative estimate of drug-likeness (QED) is 0.640. The van der Waals surface area contributed by atoms with Gasteiger partial charge in [0.15, 0.2) is 0 Å². The highest BCUT2D eigenvalue weighted by Crippen LogP contribution is 2.15. The van der Waals surface area contributed by atoms with E-state index in [2.05, 4.69) is 25.7 Å². The summed E-state index contributed by atoms with van der Waals surface area (Å²) in [6.07, 6.45) is 3.10. The lowest BCUT2D eigenvalue weighted by molar-refractivity contribution is 0.0578. The Balaban J connectivity index is 2.06. The van der Waals surface area contributed by atoms with E-state index in [0.717, 1.165) is 19.2 Å². The molecule has 0 unspecified atom stereocenters. The van der Waals surface area contributed by atoms with Crippen molar-refractivity contribution >= 4 is 0 Å². The second-order valence-electron chi connectivity index (χ2n) is 3.95. The summed E-state index contributed by atoms with van der Waals surface area (Å²) >= 11 is 0. The molecule has 1 aliphatic heterocycles. The molecule has 2 nitrogen and oxygen atoms in total. The molecule has 0 aromatic carbocycles. The largest absolute Gasteiger partial charge is 0.377 e. The molecule has 12 heavy (non-hydrogen) atoms. The molecule has 1 rings (SSSR count). The Hall–Kier alpha value is -0.0800. The van der Waals surface area contributed by atoms with Crippen LogP contribution in [0.25, 0.3) is 0 Å².